The summed E-state index contributed by atoms with van der Waals surface area (Å²) in [7, 11) is 0. The van der Waals surface area contributed by atoms with Crippen molar-refractivity contribution in [2.75, 3.05) is 6.26 Å². The molecule has 0 aromatic heterocycles. The van der Waals surface area contributed by atoms with E-state index < -0.39 is 0 Å². The number of amides is 1. The Morgan fingerprint density at radius 1 is 1.42 bits per heavy atom. The maximum atomic E-state index is 11.3. The molecule has 0 spiro atoms. The summed E-state index contributed by atoms with van der Waals surface area (Å²) in [4.78, 5) is 11.3. The van der Waals surface area contributed by atoms with Crippen molar-refractivity contribution in [2.45, 2.75) is 32.2 Å². The fourth-order valence-corrected chi connectivity index (χ4v) is 1.30. The maximum absolute atomic E-state index is 11.3. The molecule has 0 aromatic carbocycles. The van der Waals surface area contributed by atoms with E-state index in [0.29, 0.717) is 0 Å². The van der Waals surface area contributed by atoms with Crippen molar-refractivity contribution < 1.29 is 4.79 Å². The molecule has 0 rings (SSSR count). The molecule has 0 aliphatic rings. The summed E-state index contributed by atoms with van der Waals surface area (Å²) in [6.07, 6.45) is 1.91. The van der Waals surface area contributed by atoms with Gasteiger partial charge in [0.15, 0.2) is 0 Å². The molecule has 0 aliphatic carbocycles. The monoisotopic (exact) mass is 190 g/mol. The van der Waals surface area contributed by atoms with Crippen LogP contribution < -0.4 is 11.1 Å². The smallest absolute Gasteiger partial charge is 0.225 e. The van der Waals surface area contributed by atoms with E-state index >= 15 is 0 Å². The second-order valence-electron chi connectivity index (χ2n) is 3.15. The van der Waals surface area contributed by atoms with E-state index in [-0.39, 0.29) is 23.2 Å². The quantitative estimate of drug-likeness (QED) is 0.645. The number of nitrogens with one attached hydrogen (secondary N) is 1. The van der Waals surface area contributed by atoms with E-state index in [1.54, 1.807) is 0 Å². The van der Waals surface area contributed by atoms with Gasteiger partial charge in [-0.15, -0.1) is 11.8 Å². The summed E-state index contributed by atoms with van der Waals surface area (Å²) in [6, 6.07) is 0.189. The number of nitrogens with two attached hydrogens (primary N) is 1. The fraction of sp³-hybridized carbons (Fsp3) is 0.875. The SMILES string of the molecule is CSC(N)[C@@H](C)C(=O)NC(C)C. The molecule has 0 saturated heterocycles. The molecule has 3 nitrogen and oxygen atoms in total. The van der Waals surface area contributed by atoms with Crippen molar-refractivity contribution in [3.05, 3.63) is 0 Å². The average Bonchev–Trinajstić information content (AvgIpc) is 2.00. The lowest BCUT2D eigenvalue weighted by Gasteiger charge is -2.18. The van der Waals surface area contributed by atoms with E-state index in [9.17, 15) is 4.79 Å². The molecule has 4 heteroatoms. The Labute approximate surface area is 78.5 Å². The van der Waals surface area contributed by atoms with E-state index in [4.69, 9.17) is 5.73 Å². The molecule has 3 N–H and O–H groups in total. The number of hydrogen-bond donors (Lipinski definition) is 2. The van der Waals surface area contributed by atoms with Crippen LogP contribution in [0.5, 0.6) is 0 Å². The molecule has 0 fully saturated rings. The largest absolute Gasteiger partial charge is 0.354 e. The molecule has 0 aliphatic heterocycles. The minimum atomic E-state index is -0.123. The van der Waals surface area contributed by atoms with E-state index in [2.05, 4.69) is 5.32 Å². The van der Waals surface area contributed by atoms with Crippen LogP contribution in [0.15, 0.2) is 0 Å². The third-order valence-electron chi connectivity index (χ3n) is 1.61. The topological polar surface area (TPSA) is 55.1 Å². The predicted molar refractivity (Wildman–Crippen MR) is 53.9 cm³/mol. The summed E-state index contributed by atoms with van der Waals surface area (Å²) < 4.78 is 0. The summed E-state index contributed by atoms with van der Waals surface area (Å²) in [6.45, 7) is 5.73. The maximum Gasteiger partial charge on any atom is 0.225 e. The Balaban J connectivity index is 3.92. The summed E-state index contributed by atoms with van der Waals surface area (Å²) >= 11 is 1.51. The van der Waals surface area contributed by atoms with Crippen LogP contribution >= 0.6 is 11.8 Å². The molecule has 1 amide bonds. The second-order valence-corrected chi connectivity index (χ2v) is 4.17. The van der Waals surface area contributed by atoms with Gasteiger partial charge in [0, 0.05) is 6.04 Å². The standard InChI is InChI=1S/C8H18N2OS/c1-5(2)10-8(11)6(3)7(9)12-4/h5-7H,9H2,1-4H3,(H,10,11)/t6-,7?/m1/s1. The molecule has 2 atom stereocenters. The first-order chi connectivity index (χ1) is 5.49. The third-order valence-corrected chi connectivity index (χ3v) is 2.56. The van der Waals surface area contributed by atoms with Crippen molar-refractivity contribution in [1.82, 2.24) is 5.32 Å². The third kappa shape index (κ3) is 3.97. The van der Waals surface area contributed by atoms with Gasteiger partial charge in [-0.25, -0.2) is 0 Å². The Bertz CT molecular complexity index is 150. The van der Waals surface area contributed by atoms with Gasteiger partial charge in [-0.3, -0.25) is 4.79 Å². The molecular formula is C8H18N2OS. The van der Waals surface area contributed by atoms with Gasteiger partial charge in [0.05, 0.1) is 11.3 Å². The first-order valence-corrected chi connectivity index (χ1v) is 5.36. The zero-order chi connectivity index (χ0) is 9.72. The Kier molecular flexibility index (Phi) is 5.33. The summed E-state index contributed by atoms with van der Waals surface area (Å²) in [5.74, 6) is -0.0887. The number of carbonyl (C=O) groups is 1. The summed E-state index contributed by atoms with van der Waals surface area (Å²) in [5, 5.41) is 2.72. The van der Waals surface area contributed by atoms with Crippen molar-refractivity contribution >= 4 is 17.7 Å². The molecule has 0 bridgehead atoms. The van der Waals surface area contributed by atoms with Crippen molar-refractivity contribution in [3.63, 3.8) is 0 Å². The Morgan fingerprint density at radius 3 is 2.25 bits per heavy atom. The highest BCUT2D eigenvalue weighted by molar-refractivity contribution is 7.99. The van der Waals surface area contributed by atoms with Gasteiger partial charge in [-0.2, -0.15) is 0 Å². The predicted octanol–water partition coefficient (Wildman–Crippen LogP) is 0.795. The van der Waals surface area contributed by atoms with Gasteiger partial charge < -0.3 is 11.1 Å². The van der Waals surface area contributed by atoms with Crippen LogP contribution in [0.3, 0.4) is 0 Å². The minimum Gasteiger partial charge on any atom is -0.354 e. The molecule has 1 unspecified atom stereocenters. The molecule has 12 heavy (non-hydrogen) atoms. The lowest BCUT2D eigenvalue weighted by Crippen LogP contribution is -2.41. The zero-order valence-corrected chi connectivity index (χ0v) is 8.94. The normalized spacial score (nSPS) is 15.8. The van der Waals surface area contributed by atoms with Crippen LogP contribution in [-0.4, -0.2) is 23.6 Å². The van der Waals surface area contributed by atoms with Crippen LogP contribution in [0.2, 0.25) is 0 Å². The Morgan fingerprint density at radius 2 is 1.92 bits per heavy atom. The molecule has 0 aromatic rings. The van der Waals surface area contributed by atoms with Crippen molar-refractivity contribution in [1.29, 1.82) is 0 Å². The Hall–Kier alpha value is -0.220. The zero-order valence-electron chi connectivity index (χ0n) is 8.13. The number of rotatable bonds is 4. The highest BCUT2D eigenvalue weighted by Gasteiger charge is 2.19. The van der Waals surface area contributed by atoms with Gasteiger partial charge in [-0.1, -0.05) is 6.92 Å². The molecule has 0 radical (unpaired) electrons. The van der Waals surface area contributed by atoms with Gasteiger partial charge in [0.1, 0.15) is 0 Å². The summed E-state index contributed by atoms with van der Waals surface area (Å²) in [5.41, 5.74) is 5.70. The van der Waals surface area contributed by atoms with Crippen LogP contribution in [-0.2, 0) is 4.79 Å². The number of thioether (sulfide) groups is 1. The first kappa shape index (κ1) is 11.8. The van der Waals surface area contributed by atoms with Crippen molar-refractivity contribution in [3.8, 4) is 0 Å². The lowest BCUT2D eigenvalue weighted by molar-refractivity contribution is -0.124. The first-order valence-electron chi connectivity index (χ1n) is 4.07. The van der Waals surface area contributed by atoms with Gasteiger partial charge in [0.25, 0.3) is 0 Å². The van der Waals surface area contributed by atoms with E-state index in [0.717, 1.165) is 0 Å². The van der Waals surface area contributed by atoms with Crippen LogP contribution in [0.4, 0.5) is 0 Å². The van der Waals surface area contributed by atoms with Gasteiger partial charge in [-0.05, 0) is 20.1 Å². The van der Waals surface area contributed by atoms with Gasteiger partial charge >= 0.3 is 0 Å². The molecule has 0 heterocycles. The van der Waals surface area contributed by atoms with Gasteiger partial charge in [0.2, 0.25) is 5.91 Å². The van der Waals surface area contributed by atoms with Crippen LogP contribution in [0.1, 0.15) is 20.8 Å². The lowest BCUT2D eigenvalue weighted by atomic mass is 10.1. The number of hydrogen-bond acceptors (Lipinski definition) is 3. The van der Waals surface area contributed by atoms with Crippen LogP contribution in [0.25, 0.3) is 0 Å². The molecule has 72 valence electrons. The second kappa shape index (κ2) is 5.43. The van der Waals surface area contributed by atoms with Crippen molar-refractivity contribution in [2.24, 2.45) is 11.7 Å². The van der Waals surface area contributed by atoms with E-state index in [1.165, 1.54) is 11.8 Å². The highest BCUT2D eigenvalue weighted by Crippen LogP contribution is 2.11. The number of carbonyl (C=O) groups excluding carboxylic acids is 1. The van der Waals surface area contributed by atoms with Crippen LogP contribution in [0, 0.1) is 5.92 Å². The molecule has 0 saturated carbocycles. The fourth-order valence-electron chi connectivity index (χ4n) is 0.769. The highest BCUT2D eigenvalue weighted by atomic mass is 32.2. The van der Waals surface area contributed by atoms with E-state index in [1.807, 2.05) is 27.0 Å². The average molecular weight is 190 g/mol. The molecular weight excluding hydrogens is 172 g/mol. The minimum absolute atomic E-state index is 0.0341.